The summed E-state index contributed by atoms with van der Waals surface area (Å²) < 4.78 is 11.6. The van der Waals surface area contributed by atoms with Crippen LogP contribution in [0.15, 0.2) is 53.3 Å². The maximum absolute atomic E-state index is 12.7. The highest BCUT2D eigenvalue weighted by Crippen LogP contribution is 2.15. The Bertz CT molecular complexity index is 1150. The van der Waals surface area contributed by atoms with Crippen LogP contribution in [0.25, 0.3) is 10.8 Å². The number of aromatic nitrogens is 2. The lowest BCUT2D eigenvalue weighted by Gasteiger charge is -2.12. The molecule has 3 aromatic rings. The van der Waals surface area contributed by atoms with Gasteiger partial charge >= 0.3 is 5.97 Å². The Hall–Kier alpha value is -3.68. The minimum absolute atomic E-state index is 0.0203. The van der Waals surface area contributed by atoms with E-state index >= 15 is 0 Å². The average molecular weight is 437 g/mol. The van der Waals surface area contributed by atoms with Gasteiger partial charge in [-0.05, 0) is 36.1 Å². The molecule has 0 aliphatic carbocycles. The maximum Gasteiger partial charge on any atom is 0.359 e. The summed E-state index contributed by atoms with van der Waals surface area (Å²) in [5.41, 5.74) is 0.806. The number of hydrogen-bond donors (Lipinski definition) is 1. The Labute approximate surface area is 186 Å². The molecule has 0 unspecified atom stereocenters. The Kier molecular flexibility index (Phi) is 7.59. The van der Waals surface area contributed by atoms with E-state index in [-0.39, 0.29) is 17.2 Å². The van der Waals surface area contributed by atoms with E-state index in [2.05, 4.69) is 10.4 Å². The molecule has 0 atom stereocenters. The summed E-state index contributed by atoms with van der Waals surface area (Å²) in [6.45, 7) is 4.26. The lowest BCUT2D eigenvalue weighted by molar-refractivity contribution is -0.124. The molecule has 1 heterocycles. The molecule has 0 radical (unpaired) electrons. The van der Waals surface area contributed by atoms with E-state index in [1.165, 1.54) is 4.68 Å². The second-order valence-electron chi connectivity index (χ2n) is 7.80. The number of nitrogens with one attached hydrogen (secondary N) is 1. The van der Waals surface area contributed by atoms with Crippen LogP contribution in [0, 0.1) is 5.92 Å². The van der Waals surface area contributed by atoms with Crippen LogP contribution in [0.2, 0.25) is 0 Å². The summed E-state index contributed by atoms with van der Waals surface area (Å²) in [5, 5.41) is 7.74. The molecule has 3 rings (SSSR count). The molecule has 0 spiro atoms. The molecule has 0 fully saturated rings. The smallest absolute Gasteiger partial charge is 0.359 e. The first kappa shape index (κ1) is 23.0. The standard InChI is InChI=1S/C24H27N3O5/c1-16(2)14-27-23(29)20-7-5-4-6-19(20)22(26-27)24(30)32-15-21(28)25-13-12-17-8-10-18(31-3)11-9-17/h4-11,16H,12-15H2,1-3H3,(H,25,28). The zero-order chi connectivity index (χ0) is 23.1. The molecule has 0 aliphatic rings. The largest absolute Gasteiger partial charge is 0.497 e. The molecule has 0 saturated heterocycles. The van der Waals surface area contributed by atoms with Crippen LogP contribution in [0.1, 0.15) is 29.9 Å². The quantitative estimate of drug-likeness (QED) is 0.517. The van der Waals surface area contributed by atoms with Crippen LogP contribution in [0.4, 0.5) is 0 Å². The Morgan fingerprint density at radius 2 is 1.75 bits per heavy atom. The third-order valence-corrected chi connectivity index (χ3v) is 4.83. The molecule has 2 aromatic carbocycles. The maximum atomic E-state index is 12.7. The van der Waals surface area contributed by atoms with Crippen molar-refractivity contribution in [2.45, 2.75) is 26.8 Å². The number of methoxy groups -OCH3 is 1. The van der Waals surface area contributed by atoms with Crippen LogP contribution in [-0.2, 0) is 22.5 Å². The number of fused-ring (bicyclic) bond motifs is 1. The van der Waals surface area contributed by atoms with E-state index in [0.29, 0.717) is 30.3 Å². The van der Waals surface area contributed by atoms with Crippen molar-refractivity contribution in [1.29, 1.82) is 0 Å². The second-order valence-corrected chi connectivity index (χ2v) is 7.80. The zero-order valence-electron chi connectivity index (χ0n) is 18.5. The van der Waals surface area contributed by atoms with Crippen LogP contribution >= 0.6 is 0 Å². The summed E-state index contributed by atoms with van der Waals surface area (Å²) in [6, 6.07) is 14.3. The minimum Gasteiger partial charge on any atom is -0.497 e. The normalized spacial score (nSPS) is 10.9. The van der Waals surface area contributed by atoms with Crippen molar-refractivity contribution in [2.75, 3.05) is 20.3 Å². The van der Waals surface area contributed by atoms with E-state index < -0.39 is 18.5 Å². The molecule has 168 valence electrons. The molecule has 8 heteroatoms. The van der Waals surface area contributed by atoms with Crippen molar-refractivity contribution >= 4 is 22.6 Å². The monoisotopic (exact) mass is 437 g/mol. The van der Waals surface area contributed by atoms with Crippen LogP contribution in [-0.4, -0.2) is 41.9 Å². The summed E-state index contributed by atoms with van der Waals surface area (Å²) in [7, 11) is 1.60. The number of carbonyl (C=O) groups excluding carboxylic acids is 2. The predicted molar refractivity (Wildman–Crippen MR) is 121 cm³/mol. The summed E-state index contributed by atoms with van der Waals surface area (Å²) in [6.07, 6.45) is 0.635. The predicted octanol–water partition coefficient (Wildman–Crippen LogP) is 2.58. The van der Waals surface area contributed by atoms with Gasteiger partial charge in [0.2, 0.25) is 0 Å². The molecular formula is C24H27N3O5. The number of ether oxygens (including phenoxy) is 2. The van der Waals surface area contributed by atoms with E-state index in [9.17, 15) is 14.4 Å². The van der Waals surface area contributed by atoms with Gasteiger partial charge in [-0.3, -0.25) is 9.59 Å². The number of benzene rings is 2. The topological polar surface area (TPSA) is 99.5 Å². The van der Waals surface area contributed by atoms with Gasteiger partial charge in [0.25, 0.3) is 11.5 Å². The third-order valence-electron chi connectivity index (χ3n) is 4.83. The number of nitrogens with zero attached hydrogens (tertiary/aromatic N) is 2. The van der Waals surface area contributed by atoms with E-state index in [1.807, 2.05) is 38.1 Å². The van der Waals surface area contributed by atoms with Gasteiger partial charge in [-0.15, -0.1) is 0 Å². The van der Waals surface area contributed by atoms with Crippen molar-refractivity contribution in [3.63, 3.8) is 0 Å². The molecule has 0 aliphatic heterocycles. The van der Waals surface area contributed by atoms with Crippen molar-refractivity contribution in [3.8, 4) is 5.75 Å². The molecule has 1 N–H and O–H groups in total. The first-order chi connectivity index (χ1) is 15.4. The fourth-order valence-electron chi connectivity index (χ4n) is 3.24. The highest BCUT2D eigenvalue weighted by Gasteiger charge is 2.19. The van der Waals surface area contributed by atoms with Gasteiger partial charge in [-0.1, -0.05) is 44.2 Å². The molecule has 0 saturated carbocycles. The third kappa shape index (κ3) is 5.72. The summed E-state index contributed by atoms with van der Waals surface area (Å²) in [5.74, 6) is -0.219. The van der Waals surface area contributed by atoms with Gasteiger partial charge in [-0.2, -0.15) is 5.10 Å². The van der Waals surface area contributed by atoms with Crippen LogP contribution in [0.5, 0.6) is 5.75 Å². The fraction of sp³-hybridized carbons (Fsp3) is 0.333. The van der Waals surface area contributed by atoms with Crippen LogP contribution in [0.3, 0.4) is 0 Å². The van der Waals surface area contributed by atoms with Gasteiger partial charge in [0.05, 0.1) is 12.5 Å². The number of rotatable bonds is 9. The Morgan fingerprint density at radius 1 is 1.06 bits per heavy atom. The number of amides is 1. The number of esters is 1. The van der Waals surface area contributed by atoms with Gasteiger partial charge in [0.15, 0.2) is 12.3 Å². The minimum atomic E-state index is -0.746. The Morgan fingerprint density at radius 3 is 2.41 bits per heavy atom. The molecule has 0 bridgehead atoms. The molecule has 1 amide bonds. The molecule has 32 heavy (non-hydrogen) atoms. The van der Waals surface area contributed by atoms with Gasteiger partial charge in [0.1, 0.15) is 5.75 Å². The van der Waals surface area contributed by atoms with Gasteiger partial charge in [0, 0.05) is 18.5 Å². The van der Waals surface area contributed by atoms with Crippen molar-refractivity contribution in [1.82, 2.24) is 15.1 Å². The first-order valence-corrected chi connectivity index (χ1v) is 10.5. The number of hydrogen-bond acceptors (Lipinski definition) is 6. The number of carbonyl (C=O) groups is 2. The van der Waals surface area contributed by atoms with E-state index in [0.717, 1.165) is 11.3 Å². The molecular weight excluding hydrogens is 410 g/mol. The van der Waals surface area contributed by atoms with Gasteiger partial charge < -0.3 is 14.8 Å². The molecule has 1 aromatic heterocycles. The summed E-state index contributed by atoms with van der Waals surface area (Å²) >= 11 is 0. The van der Waals surface area contributed by atoms with Crippen molar-refractivity contribution in [2.24, 2.45) is 5.92 Å². The SMILES string of the molecule is COc1ccc(CCNC(=O)COC(=O)c2nn(CC(C)C)c(=O)c3ccccc23)cc1. The first-order valence-electron chi connectivity index (χ1n) is 10.5. The average Bonchev–Trinajstić information content (AvgIpc) is 2.79. The van der Waals surface area contributed by atoms with Crippen molar-refractivity contribution < 1.29 is 19.1 Å². The van der Waals surface area contributed by atoms with Crippen molar-refractivity contribution in [3.05, 3.63) is 70.1 Å². The molecule has 8 nitrogen and oxygen atoms in total. The highest BCUT2D eigenvalue weighted by molar-refractivity contribution is 6.02. The van der Waals surface area contributed by atoms with E-state index in [1.54, 1.807) is 31.4 Å². The lowest BCUT2D eigenvalue weighted by atomic mass is 10.1. The highest BCUT2D eigenvalue weighted by atomic mass is 16.5. The zero-order valence-corrected chi connectivity index (χ0v) is 18.5. The summed E-state index contributed by atoms with van der Waals surface area (Å²) in [4.78, 5) is 37.4. The second kappa shape index (κ2) is 10.6. The Balaban J connectivity index is 1.62. The van der Waals surface area contributed by atoms with E-state index in [4.69, 9.17) is 9.47 Å². The van der Waals surface area contributed by atoms with Gasteiger partial charge in [-0.25, -0.2) is 9.48 Å². The lowest BCUT2D eigenvalue weighted by Crippen LogP contribution is -2.32. The van der Waals surface area contributed by atoms with Crippen LogP contribution < -0.4 is 15.6 Å². The fourth-order valence-corrected chi connectivity index (χ4v) is 3.24.